The highest BCUT2D eigenvalue weighted by molar-refractivity contribution is 14.0. The first-order chi connectivity index (χ1) is 11.8. The molecule has 0 aliphatic rings. The highest BCUT2D eigenvalue weighted by Crippen LogP contribution is 2.08. The largest absolute Gasteiger partial charge is 0.444 e. The Morgan fingerprint density at radius 3 is 2.58 bits per heavy atom. The molecule has 0 spiro atoms. The van der Waals surface area contributed by atoms with Crippen LogP contribution >= 0.6 is 24.0 Å². The molecule has 0 saturated heterocycles. The van der Waals surface area contributed by atoms with Crippen molar-refractivity contribution in [1.82, 2.24) is 30.3 Å². The Labute approximate surface area is 173 Å². The summed E-state index contributed by atoms with van der Waals surface area (Å²) in [6.07, 6.45) is 2.24. The lowest BCUT2D eigenvalue weighted by molar-refractivity contribution is 0.0302. The summed E-state index contributed by atoms with van der Waals surface area (Å²) < 4.78 is 7.32. The van der Waals surface area contributed by atoms with Gasteiger partial charge in [-0.1, -0.05) is 6.92 Å². The number of guanidine groups is 1. The number of hydrogen-bond acceptors (Lipinski definition) is 5. The summed E-state index contributed by atoms with van der Waals surface area (Å²) in [5.74, 6) is 1.65. The zero-order valence-electron chi connectivity index (χ0n) is 16.6. The molecule has 0 aromatic carbocycles. The summed E-state index contributed by atoms with van der Waals surface area (Å²) >= 11 is 0. The summed E-state index contributed by atoms with van der Waals surface area (Å²) in [5, 5.41) is 14.4. The van der Waals surface area contributed by atoms with Gasteiger partial charge in [-0.15, -0.1) is 34.2 Å². The quantitative estimate of drug-likeness (QED) is 0.348. The third kappa shape index (κ3) is 9.20. The second kappa shape index (κ2) is 11.9. The number of amides is 1. The van der Waals surface area contributed by atoms with Gasteiger partial charge in [0.15, 0.2) is 5.96 Å². The van der Waals surface area contributed by atoms with Crippen molar-refractivity contribution < 1.29 is 9.53 Å². The van der Waals surface area contributed by atoms with Crippen molar-refractivity contribution in [2.45, 2.75) is 46.3 Å². The van der Waals surface area contributed by atoms with Gasteiger partial charge in [-0.25, -0.2) is 4.79 Å². The average Bonchev–Trinajstić information content (AvgIpc) is 2.99. The topological polar surface area (TPSA) is 96.7 Å². The maximum atomic E-state index is 11.9. The lowest BCUT2D eigenvalue weighted by atomic mass is 10.2. The summed E-state index contributed by atoms with van der Waals surface area (Å²) in [6.45, 7) is 10.1. The Morgan fingerprint density at radius 1 is 1.35 bits per heavy atom. The van der Waals surface area contributed by atoms with Gasteiger partial charge in [0.05, 0.1) is 0 Å². The second-order valence-corrected chi connectivity index (χ2v) is 6.62. The van der Waals surface area contributed by atoms with Crippen LogP contribution in [0.25, 0.3) is 0 Å². The van der Waals surface area contributed by atoms with Gasteiger partial charge >= 0.3 is 6.09 Å². The molecule has 150 valence electrons. The van der Waals surface area contributed by atoms with Crippen molar-refractivity contribution in [2.75, 3.05) is 33.7 Å². The zero-order valence-corrected chi connectivity index (χ0v) is 18.9. The van der Waals surface area contributed by atoms with Crippen LogP contribution in [0.1, 0.15) is 33.5 Å². The van der Waals surface area contributed by atoms with E-state index >= 15 is 0 Å². The molecule has 0 aliphatic heterocycles. The van der Waals surface area contributed by atoms with Crippen molar-refractivity contribution in [3.63, 3.8) is 0 Å². The molecule has 26 heavy (non-hydrogen) atoms. The summed E-state index contributed by atoms with van der Waals surface area (Å²) in [5.41, 5.74) is -0.490. The number of nitrogens with zero attached hydrogens (tertiary/aromatic N) is 5. The minimum absolute atomic E-state index is 0. The van der Waals surface area contributed by atoms with E-state index in [1.165, 1.54) is 4.90 Å². The number of carbonyl (C=O) groups is 1. The average molecular weight is 481 g/mol. The molecule has 1 rings (SSSR count). The fraction of sp³-hybridized carbons (Fsp3) is 0.750. The number of ether oxygens (including phenoxy) is 1. The van der Waals surface area contributed by atoms with Crippen molar-refractivity contribution in [2.24, 2.45) is 4.99 Å². The maximum absolute atomic E-state index is 11.9. The van der Waals surface area contributed by atoms with E-state index < -0.39 is 5.60 Å². The molecule has 10 heteroatoms. The Kier molecular flexibility index (Phi) is 11.2. The normalized spacial score (nSPS) is 11.5. The molecule has 1 heterocycles. The van der Waals surface area contributed by atoms with Gasteiger partial charge in [0.1, 0.15) is 17.8 Å². The number of carbonyl (C=O) groups excluding carboxylic acids is 1. The van der Waals surface area contributed by atoms with E-state index in [1.807, 2.05) is 25.3 Å². The monoisotopic (exact) mass is 481 g/mol. The van der Waals surface area contributed by atoms with Crippen molar-refractivity contribution >= 4 is 36.0 Å². The Hall–Kier alpha value is -1.59. The summed E-state index contributed by atoms with van der Waals surface area (Å²) in [6, 6.07) is 0. The zero-order chi connectivity index (χ0) is 18.9. The highest BCUT2D eigenvalue weighted by Gasteiger charge is 2.19. The van der Waals surface area contributed by atoms with E-state index in [0.29, 0.717) is 25.6 Å². The molecule has 1 aromatic rings. The number of nitrogens with one attached hydrogen (secondary N) is 2. The predicted octanol–water partition coefficient (Wildman–Crippen LogP) is 1.49. The van der Waals surface area contributed by atoms with Crippen LogP contribution in [-0.4, -0.2) is 71.0 Å². The van der Waals surface area contributed by atoms with Crippen LogP contribution in [0.2, 0.25) is 0 Å². The lowest BCUT2D eigenvalue weighted by Gasteiger charge is -2.24. The van der Waals surface area contributed by atoms with Gasteiger partial charge in [0.25, 0.3) is 0 Å². The molecular formula is C16H32IN7O2. The van der Waals surface area contributed by atoms with Crippen LogP contribution in [0.3, 0.4) is 0 Å². The third-order valence-electron chi connectivity index (χ3n) is 3.33. The minimum Gasteiger partial charge on any atom is -0.444 e. The summed E-state index contributed by atoms with van der Waals surface area (Å²) in [4.78, 5) is 17.6. The second-order valence-electron chi connectivity index (χ2n) is 6.62. The molecule has 2 N–H and O–H groups in total. The smallest absolute Gasteiger partial charge is 0.410 e. The number of aryl methyl sites for hydroxylation is 1. The van der Waals surface area contributed by atoms with Gasteiger partial charge < -0.3 is 24.8 Å². The fourth-order valence-corrected chi connectivity index (χ4v) is 2.03. The molecular weight excluding hydrogens is 449 g/mol. The minimum atomic E-state index is -0.490. The van der Waals surface area contributed by atoms with Crippen LogP contribution < -0.4 is 10.6 Å². The van der Waals surface area contributed by atoms with Gasteiger partial charge in [-0.3, -0.25) is 4.99 Å². The number of aromatic nitrogens is 3. The maximum Gasteiger partial charge on any atom is 0.410 e. The van der Waals surface area contributed by atoms with Gasteiger partial charge in [0.2, 0.25) is 0 Å². The molecule has 0 radical (unpaired) electrons. The van der Waals surface area contributed by atoms with Gasteiger partial charge in [0, 0.05) is 46.7 Å². The van der Waals surface area contributed by atoms with Gasteiger partial charge in [-0.2, -0.15) is 0 Å². The first-order valence-corrected chi connectivity index (χ1v) is 8.52. The van der Waals surface area contributed by atoms with E-state index in [-0.39, 0.29) is 30.1 Å². The van der Waals surface area contributed by atoms with E-state index in [1.54, 1.807) is 20.4 Å². The Balaban J connectivity index is 0.00000625. The highest BCUT2D eigenvalue weighted by atomic mass is 127. The molecule has 0 fully saturated rings. The molecule has 0 aliphatic carbocycles. The van der Waals surface area contributed by atoms with E-state index in [0.717, 1.165) is 18.8 Å². The molecule has 0 saturated carbocycles. The third-order valence-corrected chi connectivity index (χ3v) is 3.33. The number of hydrogen-bond donors (Lipinski definition) is 2. The Bertz CT molecular complexity index is 569. The van der Waals surface area contributed by atoms with Crippen molar-refractivity contribution in [3.8, 4) is 0 Å². The van der Waals surface area contributed by atoms with E-state index in [4.69, 9.17) is 4.74 Å². The van der Waals surface area contributed by atoms with Crippen molar-refractivity contribution in [1.29, 1.82) is 0 Å². The predicted molar refractivity (Wildman–Crippen MR) is 113 cm³/mol. The molecule has 1 amide bonds. The number of likely N-dealkylation sites (N-methyl/N-ethyl adjacent to an activating group) is 1. The van der Waals surface area contributed by atoms with Crippen LogP contribution in [0.5, 0.6) is 0 Å². The van der Waals surface area contributed by atoms with E-state index in [9.17, 15) is 4.79 Å². The summed E-state index contributed by atoms with van der Waals surface area (Å²) in [7, 11) is 3.42. The van der Waals surface area contributed by atoms with Crippen LogP contribution in [0.4, 0.5) is 4.79 Å². The molecule has 1 aromatic heterocycles. The fourth-order valence-electron chi connectivity index (χ4n) is 2.03. The molecule has 0 unspecified atom stereocenters. The van der Waals surface area contributed by atoms with Crippen LogP contribution in [-0.2, 0) is 17.7 Å². The molecule has 9 nitrogen and oxygen atoms in total. The number of aliphatic imine (C=N–C) groups is 1. The van der Waals surface area contributed by atoms with Crippen LogP contribution in [0.15, 0.2) is 11.3 Å². The van der Waals surface area contributed by atoms with Crippen LogP contribution in [0, 0.1) is 0 Å². The number of rotatable bonds is 7. The van der Waals surface area contributed by atoms with Gasteiger partial charge in [-0.05, 0) is 20.8 Å². The van der Waals surface area contributed by atoms with Crippen molar-refractivity contribution in [3.05, 3.63) is 12.2 Å². The lowest BCUT2D eigenvalue weighted by Crippen LogP contribution is -2.43. The molecule has 0 bridgehead atoms. The van der Waals surface area contributed by atoms with E-state index in [2.05, 4.69) is 32.7 Å². The SMILES string of the molecule is CCc1nncn1CCNC(=NC)NCCN(C)C(=O)OC(C)(C)C.I. The standard InChI is InChI=1S/C16H31N7O2.HI/c1-7-13-21-20-12-23(13)11-9-19-14(17-5)18-8-10-22(6)15(24)25-16(2,3)4;/h12H,7-11H2,1-6H3,(H2,17,18,19);1H. The first kappa shape index (κ1) is 24.4. The first-order valence-electron chi connectivity index (χ1n) is 8.52. The number of halogens is 1. The molecule has 0 atom stereocenters. The Morgan fingerprint density at radius 2 is 2.00 bits per heavy atom.